The van der Waals surface area contributed by atoms with E-state index in [1.165, 1.54) is 43.5 Å². The number of benzene rings is 2. The Labute approximate surface area is 191 Å². The molecule has 0 saturated carbocycles. The number of methoxy groups -OCH3 is 1. The van der Waals surface area contributed by atoms with Crippen LogP contribution in [0.1, 0.15) is 19.4 Å². The van der Waals surface area contributed by atoms with Crippen molar-refractivity contribution < 1.29 is 31.5 Å². The minimum absolute atomic E-state index is 0.00134. The maximum absolute atomic E-state index is 12.6. The molecule has 0 aromatic heterocycles. The largest absolute Gasteiger partial charge is 0.493 e. The van der Waals surface area contributed by atoms with Crippen LogP contribution in [0, 0.1) is 5.92 Å². The third-order valence-electron chi connectivity index (χ3n) is 4.51. The minimum Gasteiger partial charge on any atom is -0.493 e. The van der Waals surface area contributed by atoms with Gasteiger partial charge < -0.3 is 14.8 Å². The molecule has 0 bridgehead atoms. The summed E-state index contributed by atoms with van der Waals surface area (Å²) in [5.74, 6) is -0.748. The van der Waals surface area contributed by atoms with Crippen LogP contribution in [0.4, 0.5) is 8.78 Å². The number of ether oxygens (including phenoxy) is 2. The van der Waals surface area contributed by atoms with E-state index in [9.17, 15) is 22.0 Å². The van der Waals surface area contributed by atoms with Crippen LogP contribution >= 0.6 is 11.6 Å². The van der Waals surface area contributed by atoms with Gasteiger partial charge >= 0.3 is 6.61 Å². The molecule has 2 N–H and O–H groups in total. The molecule has 176 valence electrons. The van der Waals surface area contributed by atoms with Crippen molar-refractivity contribution in [3.05, 3.63) is 53.1 Å². The van der Waals surface area contributed by atoms with Crippen LogP contribution in [-0.4, -0.2) is 40.6 Å². The zero-order valence-electron chi connectivity index (χ0n) is 17.8. The molecular formula is C21H25ClF2N2O5S. The number of halogens is 3. The van der Waals surface area contributed by atoms with Crippen LogP contribution in [0.15, 0.2) is 47.4 Å². The fraction of sp³-hybridized carbons (Fsp3) is 0.381. The van der Waals surface area contributed by atoms with E-state index in [-0.39, 0.29) is 28.9 Å². The highest BCUT2D eigenvalue weighted by Crippen LogP contribution is 2.29. The first kappa shape index (κ1) is 25.8. The Morgan fingerprint density at radius 3 is 2.31 bits per heavy atom. The van der Waals surface area contributed by atoms with E-state index in [2.05, 4.69) is 14.8 Å². The summed E-state index contributed by atoms with van der Waals surface area (Å²) in [7, 11) is -2.60. The van der Waals surface area contributed by atoms with Crippen molar-refractivity contribution in [3.8, 4) is 11.5 Å². The van der Waals surface area contributed by atoms with Crippen LogP contribution in [0.5, 0.6) is 11.5 Å². The van der Waals surface area contributed by atoms with Crippen molar-refractivity contribution in [2.75, 3.05) is 13.7 Å². The smallest absolute Gasteiger partial charge is 0.387 e. The van der Waals surface area contributed by atoms with Crippen molar-refractivity contribution >= 4 is 27.5 Å². The van der Waals surface area contributed by atoms with E-state index in [0.29, 0.717) is 17.0 Å². The van der Waals surface area contributed by atoms with Crippen molar-refractivity contribution in [2.24, 2.45) is 5.92 Å². The summed E-state index contributed by atoms with van der Waals surface area (Å²) in [6.45, 7) is 0.671. The molecule has 1 amide bonds. The summed E-state index contributed by atoms with van der Waals surface area (Å²) in [5.41, 5.74) is 0.714. The Hall–Kier alpha value is -2.43. The Morgan fingerprint density at radius 1 is 1.09 bits per heavy atom. The molecular weight excluding hydrogens is 466 g/mol. The molecule has 2 rings (SSSR count). The van der Waals surface area contributed by atoms with Crippen molar-refractivity contribution in [1.29, 1.82) is 0 Å². The number of amides is 1. The van der Waals surface area contributed by atoms with Crippen LogP contribution in [0.3, 0.4) is 0 Å². The number of hydrogen-bond acceptors (Lipinski definition) is 5. The SMILES string of the molecule is COc1cc(CCNC(=O)[C@@H](NS(=O)(=O)c2ccc(Cl)cc2)C(C)C)ccc1OC(F)F. The monoisotopic (exact) mass is 490 g/mol. The standard InChI is InChI=1S/C21H25ClF2N2O5S/c1-13(2)19(26-32(28,29)16-7-5-15(22)6-8-16)20(27)25-11-10-14-4-9-17(31-21(23)24)18(12-14)30-3/h4-9,12-13,19,21,26H,10-11H2,1-3H3,(H,25,27)/t19-/m0/s1. The number of rotatable bonds is 11. The topological polar surface area (TPSA) is 93.7 Å². The second-order valence-corrected chi connectivity index (χ2v) is 9.35. The lowest BCUT2D eigenvalue weighted by Crippen LogP contribution is -2.49. The molecule has 0 spiro atoms. The summed E-state index contributed by atoms with van der Waals surface area (Å²) in [5, 5.41) is 3.10. The number of hydrogen-bond donors (Lipinski definition) is 2. The Bertz CT molecular complexity index is 1020. The Balaban J connectivity index is 2.01. The second kappa shape index (κ2) is 11.4. The number of alkyl halides is 2. The molecule has 7 nitrogen and oxygen atoms in total. The normalized spacial score (nSPS) is 12.6. The predicted molar refractivity (Wildman–Crippen MR) is 117 cm³/mol. The van der Waals surface area contributed by atoms with Gasteiger partial charge in [0.15, 0.2) is 11.5 Å². The number of carbonyl (C=O) groups excluding carboxylic acids is 1. The van der Waals surface area contributed by atoms with E-state index >= 15 is 0 Å². The van der Waals surface area contributed by atoms with Gasteiger partial charge in [0.1, 0.15) is 6.04 Å². The lowest BCUT2D eigenvalue weighted by Gasteiger charge is -2.21. The van der Waals surface area contributed by atoms with Crippen molar-refractivity contribution in [3.63, 3.8) is 0 Å². The van der Waals surface area contributed by atoms with Crippen LogP contribution in [0.2, 0.25) is 5.02 Å². The van der Waals surface area contributed by atoms with Crippen molar-refractivity contribution in [1.82, 2.24) is 10.0 Å². The van der Waals surface area contributed by atoms with Gasteiger partial charge in [-0.25, -0.2) is 8.42 Å². The first-order chi connectivity index (χ1) is 15.0. The maximum atomic E-state index is 12.6. The average Bonchev–Trinajstić information content (AvgIpc) is 2.72. The average molecular weight is 491 g/mol. The van der Waals surface area contributed by atoms with Gasteiger partial charge in [0, 0.05) is 11.6 Å². The van der Waals surface area contributed by atoms with Gasteiger partial charge in [0.2, 0.25) is 15.9 Å². The molecule has 11 heteroatoms. The highest BCUT2D eigenvalue weighted by molar-refractivity contribution is 7.89. The molecule has 0 heterocycles. The summed E-state index contributed by atoms with van der Waals surface area (Å²) in [4.78, 5) is 12.6. The third kappa shape index (κ3) is 7.32. The number of nitrogens with one attached hydrogen (secondary N) is 2. The second-order valence-electron chi connectivity index (χ2n) is 7.20. The molecule has 0 unspecified atom stereocenters. The fourth-order valence-corrected chi connectivity index (χ4v) is 4.31. The molecule has 1 atom stereocenters. The lowest BCUT2D eigenvalue weighted by atomic mass is 10.0. The van der Waals surface area contributed by atoms with E-state index < -0.39 is 28.6 Å². The fourth-order valence-electron chi connectivity index (χ4n) is 2.84. The van der Waals surface area contributed by atoms with Gasteiger partial charge in [-0.3, -0.25) is 4.79 Å². The summed E-state index contributed by atoms with van der Waals surface area (Å²) in [6.07, 6.45) is 0.367. The summed E-state index contributed by atoms with van der Waals surface area (Å²) >= 11 is 5.80. The third-order valence-corrected chi connectivity index (χ3v) is 6.22. The summed E-state index contributed by atoms with van der Waals surface area (Å²) in [6, 6.07) is 9.09. The molecule has 2 aromatic rings. The van der Waals surface area contributed by atoms with Gasteiger partial charge in [-0.1, -0.05) is 31.5 Å². The molecule has 2 aromatic carbocycles. The quantitative estimate of drug-likeness (QED) is 0.502. The van der Waals surface area contributed by atoms with Crippen LogP contribution in [-0.2, 0) is 21.2 Å². The molecule has 0 fully saturated rings. The Kier molecular flexibility index (Phi) is 9.23. The van der Waals surface area contributed by atoms with Gasteiger partial charge in [-0.05, 0) is 54.3 Å². The minimum atomic E-state index is -3.93. The van der Waals surface area contributed by atoms with Gasteiger partial charge in [0.05, 0.1) is 12.0 Å². The van der Waals surface area contributed by atoms with Crippen LogP contribution in [0.25, 0.3) is 0 Å². The summed E-state index contributed by atoms with van der Waals surface area (Å²) < 4.78 is 62.0. The highest BCUT2D eigenvalue weighted by atomic mass is 35.5. The van der Waals surface area contributed by atoms with Gasteiger partial charge in [0.25, 0.3) is 0 Å². The maximum Gasteiger partial charge on any atom is 0.387 e. The Morgan fingerprint density at radius 2 is 1.75 bits per heavy atom. The van der Waals surface area contributed by atoms with Crippen LogP contribution < -0.4 is 19.5 Å². The molecule has 0 saturated heterocycles. The van der Waals surface area contributed by atoms with E-state index in [0.717, 1.165) is 0 Å². The molecule has 32 heavy (non-hydrogen) atoms. The first-order valence-corrected chi connectivity index (χ1v) is 11.6. The first-order valence-electron chi connectivity index (χ1n) is 9.71. The molecule has 0 radical (unpaired) electrons. The lowest BCUT2D eigenvalue weighted by molar-refractivity contribution is -0.123. The van der Waals surface area contributed by atoms with E-state index in [4.69, 9.17) is 16.3 Å². The van der Waals surface area contributed by atoms with E-state index in [1.807, 2.05) is 0 Å². The van der Waals surface area contributed by atoms with Crippen molar-refractivity contribution in [2.45, 2.75) is 37.8 Å². The number of sulfonamides is 1. The highest BCUT2D eigenvalue weighted by Gasteiger charge is 2.28. The zero-order chi connectivity index (χ0) is 23.9. The molecule has 0 aliphatic rings. The molecule has 0 aliphatic carbocycles. The van der Waals surface area contributed by atoms with E-state index in [1.54, 1.807) is 19.9 Å². The molecule has 0 aliphatic heterocycles. The zero-order valence-corrected chi connectivity index (χ0v) is 19.3. The van der Waals surface area contributed by atoms with Gasteiger partial charge in [-0.2, -0.15) is 13.5 Å². The predicted octanol–water partition coefficient (Wildman–Crippen LogP) is 3.61. The number of carbonyl (C=O) groups is 1. The van der Waals surface area contributed by atoms with Gasteiger partial charge in [-0.15, -0.1) is 0 Å².